The zero-order valence-corrected chi connectivity index (χ0v) is 9.96. The van der Waals surface area contributed by atoms with Crippen LogP contribution < -0.4 is 10.6 Å². The third-order valence-corrected chi connectivity index (χ3v) is 2.58. The van der Waals surface area contributed by atoms with Gasteiger partial charge in [-0.3, -0.25) is 0 Å². The molecule has 0 saturated carbocycles. The lowest BCUT2D eigenvalue weighted by atomic mass is 9.90. The average molecular weight is 208 g/mol. The molecule has 0 aliphatic rings. The molecule has 0 fully saturated rings. The zero-order valence-electron chi connectivity index (χ0n) is 9.96. The summed E-state index contributed by atoms with van der Waals surface area (Å²) in [5, 5.41) is 6.24. The van der Waals surface area contributed by atoms with E-state index in [9.17, 15) is 0 Å². The largest absolute Gasteiger partial charge is 0.369 e. The van der Waals surface area contributed by atoms with Crippen molar-refractivity contribution < 1.29 is 0 Å². The van der Waals surface area contributed by atoms with Gasteiger partial charge in [-0.25, -0.2) is 4.98 Å². The molecule has 1 rings (SSSR count). The van der Waals surface area contributed by atoms with Gasteiger partial charge in [-0.1, -0.05) is 20.8 Å². The van der Waals surface area contributed by atoms with Crippen molar-refractivity contribution in [3.05, 3.63) is 12.3 Å². The molecule has 4 heteroatoms. The van der Waals surface area contributed by atoms with Crippen LogP contribution in [-0.4, -0.2) is 23.6 Å². The van der Waals surface area contributed by atoms with E-state index >= 15 is 0 Å². The Labute approximate surface area is 91.5 Å². The third-order valence-electron chi connectivity index (χ3n) is 2.58. The van der Waals surface area contributed by atoms with Crippen molar-refractivity contribution in [3.8, 4) is 0 Å². The van der Waals surface area contributed by atoms with Gasteiger partial charge in [0.05, 0.1) is 0 Å². The van der Waals surface area contributed by atoms with E-state index < -0.39 is 0 Å². The number of nitrogens with one attached hydrogen (secondary N) is 2. The van der Waals surface area contributed by atoms with Gasteiger partial charge in [-0.2, -0.15) is 4.98 Å². The number of anilines is 2. The Hall–Kier alpha value is -1.32. The van der Waals surface area contributed by atoms with E-state index in [0.717, 1.165) is 18.8 Å². The predicted octanol–water partition coefficient (Wildman–Crippen LogP) is 2.37. The van der Waals surface area contributed by atoms with Crippen molar-refractivity contribution >= 4 is 11.8 Å². The lowest BCUT2D eigenvalue weighted by Crippen LogP contribution is -2.22. The molecule has 0 amide bonds. The molecule has 0 aliphatic heterocycles. The first-order valence-corrected chi connectivity index (χ1v) is 5.32. The SMILES string of the molecule is CCC(C)(C)CNc1ccnc(NC)n1. The van der Waals surface area contributed by atoms with Crippen LogP contribution in [0.2, 0.25) is 0 Å². The first-order valence-electron chi connectivity index (χ1n) is 5.32. The summed E-state index contributed by atoms with van der Waals surface area (Å²) in [5.41, 5.74) is 0.296. The molecule has 84 valence electrons. The van der Waals surface area contributed by atoms with Crippen LogP contribution in [0.15, 0.2) is 12.3 Å². The second-order valence-corrected chi connectivity index (χ2v) is 4.39. The summed E-state index contributed by atoms with van der Waals surface area (Å²) in [6.07, 6.45) is 2.89. The molecule has 0 spiro atoms. The predicted molar refractivity (Wildman–Crippen MR) is 64.1 cm³/mol. The Bertz CT molecular complexity index is 309. The van der Waals surface area contributed by atoms with Crippen molar-refractivity contribution in [1.29, 1.82) is 0 Å². The minimum absolute atomic E-state index is 0.296. The molecule has 1 aromatic heterocycles. The highest BCUT2D eigenvalue weighted by atomic mass is 15.1. The van der Waals surface area contributed by atoms with Crippen molar-refractivity contribution in [2.24, 2.45) is 5.41 Å². The summed E-state index contributed by atoms with van der Waals surface area (Å²) in [4.78, 5) is 8.36. The lowest BCUT2D eigenvalue weighted by Gasteiger charge is -2.23. The molecule has 0 aromatic carbocycles. The number of nitrogens with zero attached hydrogens (tertiary/aromatic N) is 2. The standard InChI is InChI=1S/C11H20N4/c1-5-11(2,3)8-14-9-6-7-13-10(12-4)15-9/h6-7H,5,8H2,1-4H3,(H2,12,13,14,15). The van der Waals surface area contributed by atoms with E-state index in [-0.39, 0.29) is 0 Å². The Balaban J connectivity index is 2.57. The van der Waals surface area contributed by atoms with Crippen LogP contribution in [0, 0.1) is 5.41 Å². The van der Waals surface area contributed by atoms with Crippen LogP contribution in [0.25, 0.3) is 0 Å². The molecule has 4 nitrogen and oxygen atoms in total. The Kier molecular flexibility index (Phi) is 3.88. The van der Waals surface area contributed by atoms with Crippen molar-refractivity contribution in [3.63, 3.8) is 0 Å². The van der Waals surface area contributed by atoms with Gasteiger partial charge < -0.3 is 10.6 Å². The van der Waals surface area contributed by atoms with Crippen LogP contribution >= 0.6 is 0 Å². The van der Waals surface area contributed by atoms with Gasteiger partial charge in [0.15, 0.2) is 0 Å². The monoisotopic (exact) mass is 208 g/mol. The number of rotatable bonds is 5. The smallest absolute Gasteiger partial charge is 0.224 e. The summed E-state index contributed by atoms with van der Waals surface area (Å²) in [6.45, 7) is 7.59. The fourth-order valence-corrected chi connectivity index (χ4v) is 1.03. The normalized spacial score (nSPS) is 11.2. The molecular formula is C11H20N4. The molecule has 2 N–H and O–H groups in total. The Morgan fingerprint density at radius 2 is 2.13 bits per heavy atom. The summed E-state index contributed by atoms with van der Waals surface area (Å²) in [7, 11) is 1.81. The molecule has 0 bridgehead atoms. The van der Waals surface area contributed by atoms with E-state index in [2.05, 4.69) is 41.4 Å². The van der Waals surface area contributed by atoms with Crippen LogP contribution in [0.4, 0.5) is 11.8 Å². The molecule has 15 heavy (non-hydrogen) atoms. The molecule has 0 radical (unpaired) electrons. The number of hydrogen-bond acceptors (Lipinski definition) is 4. The summed E-state index contributed by atoms with van der Waals surface area (Å²) >= 11 is 0. The molecular weight excluding hydrogens is 188 g/mol. The Morgan fingerprint density at radius 3 is 2.73 bits per heavy atom. The molecule has 0 aliphatic carbocycles. The van der Waals surface area contributed by atoms with Gasteiger partial charge in [0.25, 0.3) is 0 Å². The summed E-state index contributed by atoms with van der Waals surface area (Å²) < 4.78 is 0. The second-order valence-electron chi connectivity index (χ2n) is 4.39. The topological polar surface area (TPSA) is 49.8 Å². The second kappa shape index (κ2) is 4.96. The van der Waals surface area contributed by atoms with Gasteiger partial charge in [-0.05, 0) is 17.9 Å². The maximum Gasteiger partial charge on any atom is 0.224 e. The first kappa shape index (κ1) is 11.8. The van der Waals surface area contributed by atoms with E-state index in [1.807, 2.05) is 13.1 Å². The average Bonchev–Trinajstić information content (AvgIpc) is 2.27. The van der Waals surface area contributed by atoms with Crippen LogP contribution in [0.3, 0.4) is 0 Å². The van der Waals surface area contributed by atoms with Gasteiger partial charge in [0.2, 0.25) is 5.95 Å². The maximum atomic E-state index is 4.30. The third kappa shape index (κ3) is 3.73. The first-order chi connectivity index (χ1) is 7.07. The van der Waals surface area contributed by atoms with Crippen LogP contribution in [0.5, 0.6) is 0 Å². The van der Waals surface area contributed by atoms with Gasteiger partial charge in [0.1, 0.15) is 5.82 Å². The molecule has 0 unspecified atom stereocenters. The Morgan fingerprint density at radius 1 is 1.40 bits per heavy atom. The number of hydrogen-bond donors (Lipinski definition) is 2. The summed E-state index contributed by atoms with van der Waals surface area (Å²) in [6, 6.07) is 1.88. The van der Waals surface area contributed by atoms with Crippen molar-refractivity contribution in [2.75, 3.05) is 24.2 Å². The van der Waals surface area contributed by atoms with E-state index in [0.29, 0.717) is 11.4 Å². The highest BCUT2D eigenvalue weighted by molar-refractivity contribution is 5.39. The minimum Gasteiger partial charge on any atom is -0.369 e. The molecule has 0 saturated heterocycles. The fraction of sp³-hybridized carbons (Fsp3) is 0.636. The number of aromatic nitrogens is 2. The minimum atomic E-state index is 0.296. The molecule has 1 heterocycles. The lowest BCUT2D eigenvalue weighted by molar-refractivity contribution is 0.376. The molecule has 1 aromatic rings. The van der Waals surface area contributed by atoms with Gasteiger partial charge in [-0.15, -0.1) is 0 Å². The van der Waals surface area contributed by atoms with E-state index in [1.165, 1.54) is 0 Å². The van der Waals surface area contributed by atoms with E-state index in [4.69, 9.17) is 0 Å². The highest BCUT2D eigenvalue weighted by Gasteiger charge is 2.14. The van der Waals surface area contributed by atoms with Crippen LogP contribution in [-0.2, 0) is 0 Å². The zero-order chi connectivity index (χ0) is 11.3. The van der Waals surface area contributed by atoms with Gasteiger partial charge in [0, 0.05) is 19.8 Å². The highest BCUT2D eigenvalue weighted by Crippen LogP contribution is 2.19. The van der Waals surface area contributed by atoms with Crippen LogP contribution in [0.1, 0.15) is 27.2 Å². The molecule has 0 atom stereocenters. The van der Waals surface area contributed by atoms with Crippen molar-refractivity contribution in [1.82, 2.24) is 9.97 Å². The van der Waals surface area contributed by atoms with Crippen molar-refractivity contribution in [2.45, 2.75) is 27.2 Å². The fourth-order valence-electron chi connectivity index (χ4n) is 1.03. The van der Waals surface area contributed by atoms with Gasteiger partial charge >= 0.3 is 0 Å². The van der Waals surface area contributed by atoms with E-state index in [1.54, 1.807) is 6.20 Å². The maximum absolute atomic E-state index is 4.30. The quantitative estimate of drug-likeness (QED) is 0.780. The summed E-state index contributed by atoms with van der Waals surface area (Å²) in [5.74, 6) is 1.52.